The van der Waals surface area contributed by atoms with E-state index in [0.29, 0.717) is 5.56 Å². The average molecular weight is 350 g/mol. The second kappa shape index (κ2) is 9.46. The molecule has 0 fully saturated rings. The monoisotopic (exact) mass is 350 g/mol. The maximum Gasteiger partial charge on any atom is 0.341 e. The first-order valence-corrected chi connectivity index (χ1v) is 7.71. The molecule has 0 aromatic heterocycles. The zero-order valence-electron chi connectivity index (χ0n) is 15.0. The van der Waals surface area contributed by atoms with Crippen molar-refractivity contribution in [2.24, 2.45) is 0 Å². The van der Waals surface area contributed by atoms with Crippen LogP contribution in [0.25, 0.3) is 6.08 Å². The van der Waals surface area contributed by atoms with E-state index in [9.17, 15) is 14.4 Å². The van der Waals surface area contributed by atoms with Crippen LogP contribution < -0.4 is 14.2 Å². The van der Waals surface area contributed by atoms with Gasteiger partial charge in [0.2, 0.25) is 5.75 Å². The van der Waals surface area contributed by atoms with Gasteiger partial charge >= 0.3 is 11.9 Å². The van der Waals surface area contributed by atoms with Gasteiger partial charge in [0.1, 0.15) is 5.57 Å². The van der Waals surface area contributed by atoms with Gasteiger partial charge in [0, 0.05) is 12.8 Å². The Hall–Kier alpha value is -2.83. The van der Waals surface area contributed by atoms with Crippen molar-refractivity contribution in [2.45, 2.75) is 26.7 Å². The Balaban J connectivity index is 3.46. The summed E-state index contributed by atoms with van der Waals surface area (Å²) in [5.41, 5.74) is 0.375. The van der Waals surface area contributed by atoms with E-state index < -0.39 is 11.9 Å². The SMILES string of the molecule is CCC(=O)Oc1c(OC)cc(/C=C(\C(=O)CC)C(=O)OC)cc1OC. The Morgan fingerprint density at radius 1 is 0.960 bits per heavy atom. The molecule has 7 nitrogen and oxygen atoms in total. The lowest BCUT2D eigenvalue weighted by atomic mass is 10.0. The number of carbonyl (C=O) groups is 3. The van der Waals surface area contributed by atoms with E-state index >= 15 is 0 Å². The van der Waals surface area contributed by atoms with Gasteiger partial charge in [-0.05, 0) is 23.8 Å². The van der Waals surface area contributed by atoms with Crippen molar-refractivity contribution in [1.82, 2.24) is 0 Å². The number of benzene rings is 1. The van der Waals surface area contributed by atoms with E-state index in [2.05, 4.69) is 4.74 Å². The molecule has 0 aliphatic carbocycles. The molecule has 0 radical (unpaired) electrons. The number of carbonyl (C=O) groups excluding carboxylic acids is 3. The highest BCUT2D eigenvalue weighted by Gasteiger charge is 2.20. The number of ether oxygens (including phenoxy) is 4. The zero-order chi connectivity index (χ0) is 19.0. The van der Waals surface area contributed by atoms with Crippen LogP contribution in [0.15, 0.2) is 17.7 Å². The second-order valence-corrected chi connectivity index (χ2v) is 4.91. The Morgan fingerprint density at radius 3 is 1.92 bits per heavy atom. The molecular formula is C18H22O7. The molecule has 0 aliphatic rings. The van der Waals surface area contributed by atoms with Crippen LogP contribution in [0.3, 0.4) is 0 Å². The summed E-state index contributed by atoms with van der Waals surface area (Å²) in [6.45, 7) is 3.31. The third-order valence-electron chi connectivity index (χ3n) is 3.33. The summed E-state index contributed by atoms with van der Waals surface area (Å²) in [5.74, 6) is -0.926. The summed E-state index contributed by atoms with van der Waals surface area (Å²) in [5, 5.41) is 0. The predicted octanol–water partition coefficient (Wildman–Crippen LogP) is 2.55. The summed E-state index contributed by atoms with van der Waals surface area (Å²) < 4.78 is 20.4. The summed E-state index contributed by atoms with van der Waals surface area (Å²) in [6.07, 6.45) is 1.72. The normalized spacial score (nSPS) is 10.8. The minimum Gasteiger partial charge on any atom is -0.493 e. The lowest BCUT2D eigenvalue weighted by Gasteiger charge is -2.14. The molecule has 0 saturated heterocycles. The first-order valence-electron chi connectivity index (χ1n) is 7.71. The Morgan fingerprint density at radius 2 is 1.52 bits per heavy atom. The minimum absolute atomic E-state index is 0.0904. The number of rotatable bonds is 8. The summed E-state index contributed by atoms with van der Waals surface area (Å²) >= 11 is 0. The quantitative estimate of drug-likeness (QED) is 0.234. The number of esters is 2. The van der Waals surface area contributed by atoms with E-state index in [1.54, 1.807) is 13.8 Å². The van der Waals surface area contributed by atoms with Crippen LogP contribution >= 0.6 is 0 Å². The fraction of sp³-hybridized carbons (Fsp3) is 0.389. The van der Waals surface area contributed by atoms with Crippen molar-refractivity contribution in [3.8, 4) is 17.2 Å². The molecule has 0 bridgehead atoms. The standard InChI is InChI=1S/C18H22O7/c1-6-13(19)12(18(21)24-5)8-11-9-14(22-3)17(15(10-11)23-4)25-16(20)7-2/h8-10H,6-7H2,1-5H3/b12-8+. The van der Waals surface area contributed by atoms with Gasteiger partial charge in [0.25, 0.3) is 0 Å². The van der Waals surface area contributed by atoms with Gasteiger partial charge in [0.15, 0.2) is 17.3 Å². The molecule has 0 spiro atoms. The lowest BCUT2D eigenvalue weighted by Crippen LogP contribution is -2.13. The highest BCUT2D eigenvalue weighted by molar-refractivity contribution is 6.20. The molecule has 0 amide bonds. The highest BCUT2D eigenvalue weighted by atomic mass is 16.6. The van der Waals surface area contributed by atoms with Crippen molar-refractivity contribution in [1.29, 1.82) is 0 Å². The molecule has 7 heteroatoms. The molecular weight excluding hydrogens is 328 g/mol. The summed E-state index contributed by atoms with van der Waals surface area (Å²) in [4.78, 5) is 35.4. The van der Waals surface area contributed by atoms with E-state index in [1.807, 2.05) is 0 Å². The molecule has 1 rings (SSSR count). The number of Topliss-reactive ketones (excluding diaryl/α,β-unsaturated/α-hetero) is 1. The third kappa shape index (κ3) is 5.07. The van der Waals surface area contributed by atoms with Crippen molar-refractivity contribution in [2.75, 3.05) is 21.3 Å². The molecule has 0 heterocycles. The van der Waals surface area contributed by atoms with Crippen molar-refractivity contribution >= 4 is 23.8 Å². The van der Waals surface area contributed by atoms with E-state index in [0.717, 1.165) is 0 Å². The van der Waals surface area contributed by atoms with Crippen LogP contribution in [0.2, 0.25) is 0 Å². The Kier molecular flexibility index (Phi) is 7.65. The van der Waals surface area contributed by atoms with Gasteiger partial charge in [0.05, 0.1) is 21.3 Å². The van der Waals surface area contributed by atoms with Crippen LogP contribution in [0.4, 0.5) is 0 Å². The maximum atomic E-state index is 12.0. The number of ketones is 1. The van der Waals surface area contributed by atoms with E-state index in [1.165, 1.54) is 39.5 Å². The van der Waals surface area contributed by atoms with Gasteiger partial charge in [-0.15, -0.1) is 0 Å². The maximum absolute atomic E-state index is 12.0. The van der Waals surface area contributed by atoms with Crippen LogP contribution in [-0.4, -0.2) is 39.1 Å². The fourth-order valence-electron chi connectivity index (χ4n) is 1.99. The fourth-order valence-corrected chi connectivity index (χ4v) is 1.99. The van der Waals surface area contributed by atoms with Crippen LogP contribution in [0.5, 0.6) is 17.2 Å². The molecule has 0 atom stereocenters. The number of hydrogen-bond donors (Lipinski definition) is 0. The van der Waals surface area contributed by atoms with Gasteiger partial charge in [-0.1, -0.05) is 13.8 Å². The molecule has 0 unspecified atom stereocenters. The third-order valence-corrected chi connectivity index (χ3v) is 3.33. The molecule has 1 aromatic rings. The summed E-state index contributed by atoms with van der Waals surface area (Å²) in [7, 11) is 4.02. The molecule has 0 aliphatic heterocycles. The molecule has 0 saturated carbocycles. The van der Waals surface area contributed by atoms with Crippen molar-refractivity contribution in [3.05, 3.63) is 23.3 Å². The molecule has 25 heavy (non-hydrogen) atoms. The largest absolute Gasteiger partial charge is 0.493 e. The topological polar surface area (TPSA) is 88.1 Å². The average Bonchev–Trinajstić information content (AvgIpc) is 2.64. The first kappa shape index (κ1) is 20.2. The van der Waals surface area contributed by atoms with Gasteiger partial charge < -0.3 is 18.9 Å². The van der Waals surface area contributed by atoms with Gasteiger partial charge in [-0.3, -0.25) is 9.59 Å². The van der Waals surface area contributed by atoms with Crippen LogP contribution in [0, 0.1) is 0 Å². The Bertz CT molecular complexity index is 646. The Labute approximate surface area is 146 Å². The minimum atomic E-state index is -0.730. The van der Waals surface area contributed by atoms with Crippen molar-refractivity contribution < 1.29 is 33.3 Å². The first-order chi connectivity index (χ1) is 11.9. The summed E-state index contributed by atoms with van der Waals surface area (Å²) in [6, 6.07) is 3.07. The predicted molar refractivity (Wildman–Crippen MR) is 90.8 cm³/mol. The smallest absolute Gasteiger partial charge is 0.341 e. The van der Waals surface area contributed by atoms with Gasteiger partial charge in [-0.2, -0.15) is 0 Å². The van der Waals surface area contributed by atoms with Crippen LogP contribution in [0.1, 0.15) is 32.3 Å². The lowest BCUT2D eigenvalue weighted by molar-refractivity contribution is -0.138. The number of methoxy groups -OCH3 is 3. The molecule has 0 N–H and O–H groups in total. The molecule has 1 aromatic carbocycles. The van der Waals surface area contributed by atoms with E-state index in [4.69, 9.17) is 14.2 Å². The van der Waals surface area contributed by atoms with Crippen molar-refractivity contribution in [3.63, 3.8) is 0 Å². The second-order valence-electron chi connectivity index (χ2n) is 4.91. The van der Waals surface area contributed by atoms with E-state index in [-0.39, 0.29) is 41.4 Å². The van der Waals surface area contributed by atoms with Gasteiger partial charge in [-0.25, -0.2) is 4.79 Å². The molecule has 136 valence electrons. The highest BCUT2D eigenvalue weighted by Crippen LogP contribution is 2.39. The van der Waals surface area contributed by atoms with Crippen LogP contribution in [-0.2, 0) is 19.1 Å². The zero-order valence-corrected chi connectivity index (χ0v) is 15.0. The number of hydrogen-bond acceptors (Lipinski definition) is 7.